The zero-order chi connectivity index (χ0) is 13.0. The van der Waals surface area contributed by atoms with E-state index in [4.69, 9.17) is 5.11 Å². The number of hydrogen-bond acceptors (Lipinski definition) is 2. The zero-order valence-corrected chi connectivity index (χ0v) is 10.8. The number of hydrogen-bond donors (Lipinski definition) is 2. The molecule has 5 nitrogen and oxygen atoms in total. The Morgan fingerprint density at radius 2 is 1.94 bits per heavy atom. The SMILES string of the molecule is CC(CNC(=O)N(CC1CC1)C(C)C)C(=O)O. The quantitative estimate of drug-likeness (QED) is 0.742. The van der Waals surface area contributed by atoms with Crippen molar-refractivity contribution in [3.8, 4) is 0 Å². The number of rotatable bonds is 6. The van der Waals surface area contributed by atoms with Crippen LogP contribution in [0, 0.1) is 11.8 Å². The van der Waals surface area contributed by atoms with E-state index in [2.05, 4.69) is 5.32 Å². The molecule has 0 bridgehead atoms. The zero-order valence-electron chi connectivity index (χ0n) is 10.8. The Morgan fingerprint density at radius 3 is 2.35 bits per heavy atom. The molecule has 1 aliphatic carbocycles. The Balaban J connectivity index is 2.38. The topological polar surface area (TPSA) is 69.6 Å². The van der Waals surface area contributed by atoms with Crippen LogP contribution in [-0.2, 0) is 4.79 Å². The number of carboxylic acids is 1. The van der Waals surface area contributed by atoms with Crippen molar-refractivity contribution in [2.45, 2.75) is 39.7 Å². The molecule has 98 valence electrons. The second kappa shape index (κ2) is 5.89. The van der Waals surface area contributed by atoms with E-state index >= 15 is 0 Å². The number of amides is 2. The molecule has 1 saturated carbocycles. The van der Waals surface area contributed by atoms with Crippen LogP contribution in [0.4, 0.5) is 4.79 Å². The molecule has 2 N–H and O–H groups in total. The second-order valence-corrected chi connectivity index (χ2v) is 5.11. The number of carbonyl (C=O) groups excluding carboxylic acids is 1. The summed E-state index contributed by atoms with van der Waals surface area (Å²) in [5, 5.41) is 11.4. The summed E-state index contributed by atoms with van der Waals surface area (Å²) < 4.78 is 0. The summed E-state index contributed by atoms with van der Waals surface area (Å²) in [6.45, 7) is 6.50. The third-order valence-corrected chi connectivity index (χ3v) is 3.02. The summed E-state index contributed by atoms with van der Waals surface area (Å²) in [4.78, 5) is 24.3. The maximum absolute atomic E-state index is 11.9. The molecule has 0 radical (unpaired) electrons. The molecule has 0 aliphatic heterocycles. The van der Waals surface area contributed by atoms with Crippen LogP contribution in [0.25, 0.3) is 0 Å². The van der Waals surface area contributed by atoms with Crippen molar-refractivity contribution in [1.29, 1.82) is 0 Å². The molecule has 0 saturated heterocycles. The predicted octanol–water partition coefficient (Wildman–Crippen LogP) is 1.54. The molecule has 17 heavy (non-hydrogen) atoms. The predicted molar refractivity (Wildman–Crippen MR) is 64.8 cm³/mol. The second-order valence-electron chi connectivity index (χ2n) is 5.11. The van der Waals surface area contributed by atoms with Gasteiger partial charge in [-0.15, -0.1) is 0 Å². The fourth-order valence-electron chi connectivity index (χ4n) is 1.54. The molecule has 0 heterocycles. The Hall–Kier alpha value is -1.26. The molecule has 1 atom stereocenters. The van der Waals surface area contributed by atoms with E-state index in [1.54, 1.807) is 11.8 Å². The van der Waals surface area contributed by atoms with Crippen molar-refractivity contribution in [3.05, 3.63) is 0 Å². The lowest BCUT2D eigenvalue weighted by Gasteiger charge is -2.27. The van der Waals surface area contributed by atoms with E-state index in [1.807, 2.05) is 13.8 Å². The first-order valence-electron chi connectivity index (χ1n) is 6.19. The number of aliphatic carboxylic acids is 1. The minimum absolute atomic E-state index is 0.149. The third-order valence-electron chi connectivity index (χ3n) is 3.02. The molecule has 1 unspecified atom stereocenters. The van der Waals surface area contributed by atoms with Gasteiger partial charge in [-0.1, -0.05) is 6.92 Å². The lowest BCUT2D eigenvalue weighted by atomic mass is 10.2. The van der Waals surface area contributed by atoms with E-state index in [9.17, 15) is 9.59 Å². The third kappa shape index (κ3) is 4.63. The molecule has 5 heteroatoms. The monoisotopic (exact) mass is 242 g/mol. The first-order chi connectivity index (χ1) is 7.91. The number of urea groups is 1. The van der Waals surface area contributed by atoms with Gasteiger partial charge in [0.25, 0.3) is 0 Å². The highest BCUT2D eigenvalue weighted by Crippen LogP contribution is 2.30. The largest absolute Gasteiger partial charge is 0.481 e. The molecule has 1 aliphatic rings. The molecule has 0 spiro atoms. The van der Waals surface area contributed by atoms with Gasteiger partial charge < -0.3 is 15.3 Å². The fraction of sp³-hybridized carbons (Fsp3) is 0.833. The van der Waals surface area contributed by atoms with Crippen molar-refractivity contribution >= 4 is 12.0 Å². The van der Waals surface area contributed by atoms with Gasteiger partial charge in [0.15, 0.2) is 0 Å². The van der Waals surface area contributed by atoms with E-state index in [0.29, 0.717) is 5.92 Å². The average molecular weight is 242 g/mol. The molecule has 0 aromatic rings. The van der Waals surface area contributed by atoms with Crippen LogP contribution in [0.5, 0.6) is 0 Å². The molecular formula is C12H22N2O3. The van der Waals surface area contributed by atoms with Crippen LogP contribution < -0.4 is 5.32 Å². The van der Waals surface area contributed by atoms with Crippen LogP contribution >= 0.6 is 0 Å². The van der Waals surface area contributed by atoms with E-state index in [1.165, 1.54) is 12.8 Å². The molecule has 1 rings (SSSR count). The molecule has 0 aromatic heterocycles. The van der Waals surface area contributed by atoms with Crippen LogP contribution in [0.3, 0.4) is 0 Å². The first-order valence-corrected chi connectivity index (χ1v) is 6.19. The minimum atomic E-state index is -0.886. The number of carboxylic acid groups (broad SMARTS) is 1. The Kier molecular flexibility index (Phi) is 4.78. The van der Waals surface area contributed by atoms with Gasteiger partial charge >= 0.3 is 12.0 Å². The number of carbonyl (C=O) groups is 2. The van der Waals surface area contributed by atoms with E-state index in [-0.39, 0.29) is 18.6 Å². The summed E-state index contributed by atoms with van der Waals surface area (Å²) in [5.41, 5.74) is 0. The smallest absolute Gasteiger partial charge is 0.317 e. The van der Waals surface area contributed by atoms with Crippen molar-refractivity contribution in [2.24, 2.45) is 11.8 Å². The van der Waals surface area contributed by atoms with Gasteiger partial charge in [-0.05, 0) is 32.6 Å². The Labute approximate surface area is 102 Å². The van der Waals surface area contributed by atoms with Gasteiger partial charge in [-0.3, -0.25) is 4.79 Å². The Morgan fingerprint density at radius 1 is 1.35 bits per heavy atom. The van der Waals surface area contributed by atoms with Crippen LogP contribution in [-0.4, -0.2) is 41.1 Å². The maximum Gasteiger partial charge on any atom is 0.317 e. The molecular weight excluding hydrogens is 220 g/mol. The fourth-order valence-corrected chi connectivity index (χ4v) is 1.54. The lowest BCUT2D eigenvalue weighted by Crippen LogP contribution is -2.46. The number of nitrogens with one attached hydrogen (secondary N) is 1. The highest BCUT2D eigenvalue weighted by molar-refractivity contribution is 5.76. The maximum atomic E-state index is 11.9. The van der Waals surface area contributed by atoms with Crippen LogP contribution in [0.1, 0.15) is 33.6 Å². The summed E-state index contributed by atoms with van der Waals surface area (Å²) >= 11 is 0. The minimum Gasteiger partial charge on any atom is -0.481 e. The standard InChI is InChI=1S/C12H22N2O3/c1-8(2)14(7-10-4-5-10)12(17)13-6-9(3)11(15)16/h8-10H,4-7H2,1-3H3,(H,13,17)(H,15,16). The van der Waals surface area contributed by atoms with Crippen molar-refractivity contribution in [2.75, 3.05) is 13.1 Å². The summed E-state index contributed by atoms with van der Waals surface area (Å²) in [5.74, 6) is -0.794. The molecule has 2 amide bonds. The normalized spacial score (nSPS) is 16.7. The molecule has 1 fully saturated rings. The van der Waals surface area contributed by atoms with E-state index in [0.717, 1.165) is 6.54 Å². The van der Waals surface area contributed by atoms with Gasteiger partial charge in [-0.2, -0.15) is 0 Å². The Bertz CT molecular complexity index is 287. The van der Waals surface area contributed by atoms with Gasteiger partial charge in [0.1, 0.15) is 0 Å². The number of nitrogens with zero attached hydrogens (tertiary/aromatic N) is 1. The summed E-state index contributed by atoms with van der Waals surface area (Å²) in [6.07, 6.45) is 2.39. The van der Waals surface area contributed by atoms with Crippen molar-refractivity contribution in [1.82, 2.24) is 10.2 Å². The van der Waals surface area contributed by atoms with Gasteiger partial charge in [0.05, 0.1) is 5.92 Å². The van der Waals surface area contributed by atoms with Crippen LogP contribution in [0.15, 0.2) is 0 Å². The van der Waals surface area contributed by atoms with Gasteiger partial charge in [0.2, 0.25) is 0 Å². The highest BCUT2D eigenvalue weighted by Gasteiger charge is 2.28. The summed E-state index contributed by atoms with van der Waals surface area (Å²) in [6, 6.07) is -0.00395. The van der Waals surface area contributed by atoms with Crippen molar-refractivity contribution in [3.63, 3.8) is 0 Å². The highest BCUT2D eigenvalue weighted by atomic mass is 16.4. The first kappa shape index (κ1) is 13.8. The van der Waals surface area contributed by atoms with Crippen molar-refractivity contribution < 1.29 is 14.7 Å². The van der Waals surface area contributed by atoms with Gasteiger partial charge in [-0.25, -0.2) is 4.79 Å². The summed E-state index contributed by atoms with van der Waals surface area (Å²) in [7, 11) is 0. The lowest BCUT2D eigenvalue weighted by molar-refractivity contribution is -0.140. The average Bonchev–Trinajstić information content (AvgIpc) is 3.05. The molecule has 0 aromatic carbocycles. The van der Waals surface area contributed by atoms with Crippen LogP contribution in [0.2, 0.25) is 0 Å². The van der Waals surface area contributed by atoms with E-state index < -0.39 is 11.9 Å². The van der Waals surface area contributed by atoms with Gasteiger partial charge in [0, 0.05) is 19.1 Å².